The van der Waals surface area contributed by atoms with Gasteiger partial charge >= 0.3 is 0 Å². The van der Waals surface area contributed by atoms with E-state index in [-0.39, 0.29) is 17.5 Å². The molecule has 1 aliphatic rings. The maximum Gasteiger partial charge on any atom is 0.190 e. The Morgan fingerprint density at radius 3 is 1.96 bits per heavy atom. The molecule has 0 fully saturated rings. The third-order valence-electron chi connectivity index (χ3n) is 4.64. The van der Waals surface area contributed by atoms with Gasteiger partial charge in [-0.05, 0) is 25.8 Å². The zero-order valence-corrected chi connectivity index (χ0v) is 13.7. The summed E-state index contributed by atoms with van der Waals surface area (Å²) in [4.78, 5) is 25.7. The van der Waals surface area contributed by atoms with E-state index in [0.29, 0.717) is 22.3 Å². The van der Waals surface area contributed by atoms with Crippen LogP contribution in [0.3, 0.4) is 0 Å². The quantitative estimate of drug-likeness (QED) is 0.809. The highest BCUT2D eigenvalue weighted by Gasteiger charge is 2.33. The van der Waals surface area contributed by atoms with Crippen molar-refractivity contribution >= 4 is 11.6 Å². The Morgan fingerprint density at radius 2 is 1.39 bits per heavy atom. The van der Waals surface area contributed by atoms with Gasteiger partial charge in [-0.25, -0.2) is 0 Å². The molecule has 2 heteroatoms. The Balaban J connectivity index is 2.13. The summed E-state index contributed by atoms with van der Waals surface area (Å²) in [6.45, 7) is 5.88. The lowest BCUT2D eigenvalue weighted by molar-refractivity contribution is 0.0969. The highest BCUT2D eigenvalue weighted by Crippen LogP contribution is 2.37. The molecule has 1 atom stereocenters. The standard InChI is InChI=1S/C21H20O2/c1-4-16(15-11-9-13(2)10-12-15)19-14(3)20(22)17-7-5-6-8-18(17)21(19)23/h5-12,16H,4H2,1-3H3. The van der Waals surface area contributed by atoms with Gasteiger partial charge in [0.05, 0.1) is 0 Å². The number of ketones is 2. The first kappa shape index (κ1) is 15.4. The van der Waals surface area contributed by atoms with Crippen LogP contribution < -0.4 is 0 Å². The second kappa shape index (κ2) is 5.96. The van der Waals surface area contributed by atoms with Gasteiger partial charge in [0.2, 0.25) is 0 Å². The van der Waals surface area contributed by atoms with Gasteiger partial charge in [0.15, 0.2) is 11.6 Å². The maximum absolute atomic E-state index is 13.0. The van der Waals surface area contributed by atoms with Gasteiger partial charge in [-0.1, -0.05) is 61.0 Å². The summed E-state index contributed by atoms with van der Waals surface area (Å²) >= 11 is 0. The normalized spacial score (nSPS) is 15.6. The summed E-state index contributed by atoms with van der Waals surface area (Å²) in [6, 6.07) is 15.3. The summed E-state index contributed by atoms with van der Waals surface area (Å²) < 4.78 is 0. The minimum atomic E-state index is -0.0413. The molecular weight excluding hydrogens is 284 g/mol. The third-order valence-corrected chi connectivity index (χ3v) is 4.64. The lowest BCUT2D eigenvalue weighted by Crippen LogP contribution is -2.24. The number of allylic oxidation sites excluding steroid dienone is 2. The van der Waals surface area contributed by atoms with Crippen molar-refractivity contribution in [1.29, 1.82) is 0 Å². The molecule has 116 valence electrons. The van der Waals surface area contributed by atoms with Gasteiger partial charge in [-0.3, -0.25) is 9.59 Å². The molecule has 3 rings (SSSR count). The minimum absolute atomic E-state index is 0.00914. The SMILES string of the molecule is CCC(C1=C(C)C(=O)c2ccccc2C1=O)c1ccc(C)cc1. The van der Waals surface area contributed by atoms with Gasteiger partial charge in [0.1, 0.15) is 0 Å². The highest BCUT2D eigenvalue weighted by atomic mass is 16.1. The first-order valence-electron chi connectivity index (χ1n) is 8.00. The van der Waals surface area contributed by atoms with Crippen molar-refractivity contribution in [2.24, 2.45) is 0 Å². The van der Waals surface area contributed by atoms with Crippen LogP contribution in [0.1, 0.15) is 58.0 Å². The molecule has 0 aromatic heterocycles. The zero-order chi connectivity index (χ0) is 16.6. The van der Waals surface area contributed by atoms with Crippen LogP contribution in [0.2, 0.25) is 0 Å². The summed E-state index contributed by atoms with van der Waals surface area (Å²) in [7, 11) is 0. The number of carbonyl (C=O) groups excluding carboxylic acids is 2. The number of fused-ring (bicyclic) bond motifs is 1. The van der Waals surface area contributed by atoms with Crippen molar-refractivity contribution < 1.29 is 9.59 Å². The number of Topliss-reactive ketones (excluding diaryl/α,β-unsaturated/α-hetero) is 2. The molecule has 0 heterocycles. The molecule has 0 amide bonds. The van der Waals surface area contributed by atoms with Crippen molar-refractivity contribution in [2.75, 3.05) is 0 Å². The van der Waals surface area contributed by atoms with Crippen LogP contribution in [-0.4, -0.2) is 11.6 Å². The second-order valence-electron chi connectivity index (χ2n) is 6.11. The van der Waals surface area contributed by atoms with E-state index in [2.05, 4.69) is 31.2 Å². The molecule has 0 bridgehead atoms. The number of carbonyl (C=O) groups is 2. The smallest absolute Gasteiger partial charge is 0.190 e. The Bertz CT molecular complexity index is 810. The van der Waals surface area contributed by atoms with Gasteiger partial charge in [0, 0.05) is 28.2 Å². The zero-order valence-electron chi connectivity index (χ0n) is 13.7. The molecule has 23 heavy (non-hydrogen) atoms. The number of hydrogen-bond acceptors (Lipinski definition) is 2. The summed E-state index contributed by atoms with van der Waals surface area (Å²) in [5.41, 5.74) is 4.57. The van der Waals surface area contributed by atoms with E-state index in [1.165, 1.54) is 5.56 Å². The predicted octanol–water partition coefficient (Wildman–Crippen LogP) is 4.88. The number of benzene rings is 2. The van der Waals surface area contributed by atoms with Crippen molar-refractivity contribution in [3.05, 3.63) is 81.9 Å². The summed E-state index contributed by atoms with van der Waals surface area (Å²) in [6.07, 6.45) is 0.789. The predicted molar refractivity (Wildman–Crippen MR) is 92.0 cm³/mol. The molecule has 0 N–H and O–H groups in total. The van der Waals surface area contributed by atoms with E-state index in [0.717, 1.165) is 12.0 Å². The van der Waals surface area contributed by atoms with Gasteiger partial charge in [0.25, 0.3) is 0 Å². The van der Waals surface area contributed by atoms with Gasteiger partial charge in [-0.2, -0.15) is 0 Å². The maximum atomic E-state index is 13.0. The molecule has 1 unspecified atom stereocenters. The number of aryl methyl sites for hydroxylation is 1. The Kier molecular flexibility index (Phi) is 3.99. The van der Waals surface area contributed by atoms with Crippen molar-refractivity contribution in [3.63, 3.8) is 0 Å². The topological polar surface area (TPSA) is 34.1 Å². The average Bonchev–Trinajstić information content (AvgIpc) is 2.58. The largest absolute Gasteiger partial charge is 0.289 e. The Morgan fingerprint density at radius 1 is 0.826 bits per heavy atom. The molecule has 0 spiro atoms. The Labute approximate surface area is 136 Å². The van der Waals surface area contributed by atoms with Crippen LogP contribution in [0.4, 0.5) is 0 Å². The van der Waals surface area contributed by atoms with Crippen LogP contribution in [-0.2, 0) is 0 Å². The van der Waals surface area contributed by atoms with Crippen LogP contribution in [0.25, 0.3) is 0 Å². The van der Waals surface area contributed by atoms with E-state index in [9.17, 15) is 9.59 Å². The van der Waals surface area contributed by atoms with Crippen LogP contribution in [0, 0.1) is 6.92 Å². The van der Waals surface area contributed by atoms with Crippen LogP contribution >= 0.6 is 0 Å². The molecular formula is C21H20O2. The molecule has 0 aliphatic heterocycles. The highest BCUT2D eigenvalue weighted by molar-refractivity contribution is 6.27. The average molecular weight is 304 g/mol. The molecule has 2 nitrogen and oxygen atoms in total. The molecule has 1 aliphatic carbocycles. The Hall–Kier alpha value is -2.48. The lowest BCUT2D eigenvalue weighted by Gasteiger charge is -2.25. The van der Waals surface area contributed by atoms with E-state index >= 15 is 0 Å². The van der Waals surface area contributed by atoms with Crippen molar-refractivity contribution in [3.8, 4) is 0 Å². The number of hydrogen-bond donors (Lipinski definition) is 0. The molecule has 2 aromatic rings. The number of rotatable bonds is 3. The fraction of sp³-hybridized carbons (Fsp3) is 0.238. The summed E-state index contributed by atoms with van der Waals surface area (Å²) in [5, 5.41) is 0. The first-order chi connectivity index (χ1) is 11.0. The van der Waals surface area contributed by atoms with E-state index < -0.39 is 0 Å². The monoisotopic (exact) mass is 304 g/mol. The summed E-state index contributed by atoms with van der Waals surface area (Å²) in [5.74, 6) is -0.0775. The molecule has 0 saturated heterocycles. The van der Waals surface area contributed by atoms with E-state index in [4.69, 9.17) is 0 Å². The van der Waals surface area contributed by atoms with Crippen molar-refractivity contribution in [2.45, 2.75) is 33.1 Å². The van der Waals surface area contributed by atoms with Gasteiger partial charge < -0.3 is 0 Å². The minimum Gasteiger partial charge on any atom is -0.289 e. The third kappa shape index (κ3) is 2.55. The van der Waals surface area contributed by atoms with E-state index in [1.807, 2.05) is 13.0 Å². The fourth-order valence-corrected chi connectivity index (χ4v) is 3.34. The fourth-order valence-electron chi connectivity index (χ4n) is 3.34. The molecule has 0 radical (unpaired) electrons. The molecule has 2 aromatic carbocycles. The van der Waals surface area contributed by atoms with E-state index in [1.54, 1.807) is 25.1 Å². The van der Waals surface area contributed by atoms with Crippen molar-refractivity contribution in [1.82, 2.24) is 0 Å². The molecule has 0 saturated carbocycles. The first-order valence-corrected chi connectivity index (χ1v) is 8.00. The van der Waals surface area contributed by atoms with Crippen LogP contribution in [0.15, 0.2) is 59.7 Å². The van der Waals surface area contributed by atoms with Gasteiger partial charge in [-0.15, -0.1) is 0 Å². The lowest BCUT2D eigenvalue weighted by atomic mass is 9.76. The van der Waals surface area contributed by atoms with Crippen LogP contribution in [0.5, 0.6) is 0 Å². The second-order valence-corrected chi connectivity index (χ2v) is 6.11.